The number of amides is 1. The van der Waals surface area contributed by atoms with Gasteiger partial charge in [0.25, 0.3) is 0 Å². The van der Waals surface area contributed by atoms with Crippen molar-refractivity contribution in [2.45, 2.75) is 33.1 Å². The molecule has 21 heavy (non-hydrogen) atoms. The molecule has 0 radical (unpaired) electrons. The maximum Gasteiger partial charge on any atom is 0.422 e. The van der Waals surface area contributed by atoms with E-state index in [9.17, 15) is 18.3 Å². The van der Waals surface area contributed by atoms with Gasteiger partial charge in [0.05, 0.1) is 12.3 Å². The fourth-order valence-corrected chi connectivity index (χ4v) is 2.31. The van der Waals surface area contributed by atoms with E-state index in [1.807, 2.05) is 20.8 Å². The van der Waals surface area contributed by atoms with Crippen LogP contribution in [0.4, 0.5) is 10.5 Å². The zero-order valence-electron chi connectivity index (χ0n) is 12.4. The number of anilines is 1. The van der Waals surface area contributed by atoms with Gasteiger partial charge in [-0.05, 0) is 30.0 Å². The van der Waals surface area contributed by atoms with E-state index in [4.69, 9.17) is 0 Å². The molecule has 0 unspecified atom stereocenters. The van der Waals surface area contributed by atoms with Crippen molar-refractivity contribution in [2.75, 3.05) is 11.3 Å². The highest BCUT2D eigenvalue weighted by atomic mass is 32.2. The highest BCUT2D eigenvalue weighted by Gasteiger charge is 2.20. The first-order valence-electron chi connectivity index (χ1n) is 6.36. The zero-order chi connectivity index (χ0) is 16.3. The third-order valence-corrected chi connectivity index (χ3v) is 3.52. The summed E-state index contributed by atoms with van der Waals surface area (Å²) in [5, 5.41) is 9.73. The van der Waals surface area contributed by atoms with Crippen LogP contribution in [0.2, 0.25) is 0 Å². The molecule has 0 saturated carbocycles. The molecule has 1 aromatic carbocycles. The van der Waals surface area contributed by atoms with Crippen molar-refractivity contribution in [2.24, 2.45) is 0 Å². The number of phenols is 1. The average Bonchev–Trinajstić information content (AvgIpc) is 2.29. The molecule has 1 amide bonds. The summed E-state index contributed by atoms with van der Waals surface area (Å²) in [6.07, 6.45) is -1.09. The molecular formula is C13H20N2O5S. The topological polar surface area (TPSA) is 105 Å². The van der Waals surface area contributed by atoms with E-state index in [1.165, 1.54) is 12.1 Å². The largest absolute Gasteiger partial charge is 0.506 e. The predicted molar refractivity (Wildman–Crippen MR) is 79.5 cm³/mol. The van der Waals surface area contributed by atoms with Crippen molar-refractivity contribution in [3.63, 3.8) is 0 Å². The lowest BCUT2D eigenvalue weighted by molar-refractivity contribution is 0.159. The molecule has 8 heteroatoms. The van der Waals surface area contributed by atoms with Gasteiger partial charge in [-0.15, -0.1) is 0 Å². The first kappa shape index (κ1) is 17.1. The fourth-order valence-electron chi connectivity index (χ4n) is 1.52. The maximum absolute atomic E-state index is 11.8. The summed E-state index contributed by atoms with van der Waals surface area (Å²) in [6, 6.07) is 4.61. The lowest BCUT2D eigenvalue weighted by atomic mass is 9.87. The minimum Gasteiger partial charge on any atom is -0.506 e. The second-order valence-electron chi connectivity index (χ2n) is 5.41. The summed E-state index contributed by atoms with van der Waals surface area (Å²) in [5.41, 5.74) is 0.594. The average molecular weight is 316 g/mol. The van der Waals surface area contributed by atoms with E-state index < -0.39 is 16.3 Å². The van der Waals surface area contributed by atoms with Gasteiger partial charge >= 0.3 is 16.3 Å². The van der Waals surface area contributed by atoms with E-state index in [0.717, 1.165) is 5.56 Å². The van der Waals surface area contributed by atoms with Crippen LogP contribution in [-0.4, -0.2) is 26.2 Å². The zero-order valence-corrected chi connectivity index (χ0v) is 13.2. The molecule has 0 fully saturated rings. The van der Waals surface area contributed by atoms with Crippen LogP contribution in [0.3, 0.4) is 0 Å². The van der Waals surface area contributed by atoms with Gasteiger partial charge < -0.3 is 9.84 Å². The molecule has 0 saturated heterocycles. The van der Waals surface area contributed by atoms with Crippen molar-refractivity contribution in [3.8, 4) is 5.75 Å². The van der Waals surface area contributed by atoms with Crippen LogP contribution in [-0.2, 0) is 20.4 Å². The monoisotopic (exact) mass is 316 g/mol. The smallest absolute Gasteiger partial charge is 0.422 e. The highest BCUT2D eigenvalue weighted by molar-refractivity contribution is 7.91. The highest BCUT2D eigenvalue weighted by Crippen LogP contribution is 2.31. The van der Waals surface area contributed by atoms with Crippen LogP contribution in [0.25, 0.3) is 0 Å². The Hall–Kier alpha value is -1.96. The van der Waals surface area contributed by atoms with E-state index in [-0.39, 0.29) is 23.5 Å². The van der Waals surface area contributed by atoms with Gasteiger partial charge in [-0.1, -0.05) is 26.8 Å². The Labute approximate surface area is 124 Å². The lowest BCUT2D eigenvalue weighted by Gasteiger charge is -2.20. The number of hydrogen-bond donors (Lipinski definition) is 3. The number of carbonyl (C=O) groups excluding carboxylic acids is 1. The summed E-state index contributed by atoms with van der Waals surface area (Å²) < 4.78 is 31.8. The second kappa shape index (κ2) is 6.21. The van der Waals surface area contributed by atoms with Crippen molar-refractivity contribution < 1.29 is 23.1 Å². The van der Waals surface area contributed by atoms with Crippen LogP contribution in [0, 0.1) is 0 Å². The number of aromatic hydroxyl groups is 1. The van der Waals surface area contributed by atoms with Crippen molar-refractivity contribution >= 4 is 22.0 Å². The Morgan fingerprint density at radius 3 is 2.48 bits per heavy atom. The molecule has 0 heterocycles. The van der Waals surface area contributed by atoms with Gasteiger partial charge in [0.15, 0.2) is 0 Å². The molecular weight excluding hydrogens is 296 g/mol. The lowest BCUT2D eigenvalue weighted by Crippen LogP contribution is -2.35. The van der Waals surface area contributed by atoms with Crippen LogP contribution < -0.4 is 9.44 Å². The van der Waals surface area contributed by atoms with E-state index in [2.05, 4.69) is 9.46 Å². The van der Waals surface area contributed by atoms with Gasteiger partial charge in [-0.2, -0.15) is 8.42 Å². The summed E-state index contributed by atoms with van der Waals surface area (Å²) in [5.74, 6) is -0.239. The molecule has 7 nitrogen and oxygen atoms in total. The predicted octanol–water partition coefficient (Wildman–Crippen LogP) is 2.09. The summed E-state index contributed by atoms with van der Waals surface area (Å²) in [7, 11) is -4.18. The Morgan fingerprint density at radius 1 is 1.33 bits per heavy atom. The molecule has 0 aliphatic carbocycles. The number of carbonyl (C=O) groups is 1. The SMILES string of the molecule is CCOC(=O)NS(=O)(=O)Nc1cc(C(C)(C)C)ccc1O. The van der Waals surface area contributed by atoms with Crippen LogP contribution in [0.1, 0.15) is 33.3 Å². The Morgan fingerprint density at radius 2 is 1.95 bits per heavy atom. The van der Waals surface area contributed by atoms with Crippen molar-refractivity contribution in [1.82, 2.24) is 4.72 Å². The summed E-state index contributed by atoms with van der Waals surface area (Å²) in [4.78, 5) is 11.1. The second-order valence-corrected chi connectivity index (χ2v) is 6.83. The van der Waals surface area contributed by atoms with Gasteiger partial charge in [0.1, 0.15) is 5.75 Å². The minimum absolute atomic E-state index is 0.0146. The standard InChI is InChI=1S/C13H20N2O5S/c1-5-20-12(17)15-21(18,19)14-10-8-9(13(2,3)4)6-7-11(10)16/h6-8,14,16H,5H2,1-4H3,(H,15,17). The molecule has 0 atom stereocenters. The number of phenolic OH excluding ortho intramolecular Hbond substituents is 1. The van der Waals surface area contributed by atoms with Gasteiger partial charge in [0, 0.05) is 0 Å². The van der Waals surface area contributed by atoms with Crippen LogP contribution >= 0.6 is 0 Å². The maximum atomic E-state index is 11.8. The molecule has 0 aromatic heterocycles. The molecule has 3 N–H and O–H groups in total. The molecule has 118 valence electrons. The normalized spacial score (nSPS) is 11.8. The first-order valence-corrected chi connectivity index (χ1v) is 7.84. The number of benzene rings is 1. The van der Waals surface area contributed by atoms with E-state index >= 15 is 0 Å². The molecule has 1 rings (SSSR count). The van der Waals surface area contributed by atoms with Crippen LogP contribution in [0.5, 0.6) is 5.75 Å². The quantitative estimate of drug-likeness (QED) is 0.738. The number of rotatable bonds is 4. The number of nitrogens with one attached hydrogen (secondary N) is 2. The summed E-state index contributed by atoms with van der Waals surface area (Å²) in [6.45, 7) is 7.46. The number of ether oxygens (including phenoxy) is 1. The minimum atomic E-state index is -4.18. The number of hydrogen-bond acceptors (Lipinski definition) is 5. The van der Waals surface area contributed by atoms with E-state index in [0.29, 0.717) is 0 Å². The third kappa shape index (κ3) is 5.14. The van der Waals surface area contributed by atoms with Crippen molar-refractivity contribution in [1.29, 1.82) is 0 Å². The molecule has 0 aliphatic heterocycles. The first-order chi connectivity index (χ1) is 9.55. The fraction of sp³-hybridized carbons (Fsp3) is 0.462. The summed E-state index contributed by atoms with van der Waals surface area (Å²) >= 11 is 0. The third-order valence-electron chi connectivity index (χ3n) is 2.60. The molecule has 0 aliphatic rings. The molecule has 0 spiro atoms. The molecule has 1 aromatic rings. The van der Waals surface area contributed by atoms with Crippen LogP contribution in [0.15, 0.2) is 18.2 Å². The Bertz CT molecular complexity index is 620. The molecule has 0 bridgehead atoms. The van der Waals surface area contributed by atoms with Gasteiger partial charge in [0.2, 0.25) is 0 Å². The van der Waals surface area contributed by atoms with Gasteiger partial charge in [-0.3, -0.25) is 4.72 Å². The Balaban J connectivity index is 2.99. The van der Waals surface area contributed by atoms with E-state index in [1.54, 1.807) is 17.7 Å². The van der Waals surface area contributed by atoms with Gasteiger partial charge in [-0.25, -0.2) is 9.52 Å². The Kier molecular flexibility index (Phi) is 5.06. The van der Waals surface area contributed by atoms with Crippen molar-refractivity contribution in [3.05, 3.63) is 23.8 Å².